The normalized spacial score (nSPS) is 13.4. The second-order valence-electron chi connectivity index (χ2n) is 5.53. The molecule has 1 rings (SSSR count). The maximum atomic E-state index is 5.93. The fraction of sp³-hybridized carbons (Fsp3) is 0.600. The summed E-state index contributed by atoms with van der Waals surface area (Å²) in [6, 6.07) is 6.79. The molecule has 2 nitrogen and oxygen atoms in total. The van der Waals surface area contributed by atoms with Gasteiger partial charge in [0.05, 0.1) is 0 Å². The zero-order valence-corrected chi connectivity index (χ0v) is 11.8. The third-order valence-electron chi connectivity index (χ3n) is 3.47. The predicted octanol–water partition coefficient (Wildman–Crippen LogP) is 3.44. The molecule has 17 heavy (non-hydrogen) atoms. The van der Waals surface area contributed by atoms with Crippen LogP contribution < -0.4 is 5.73 Å². The van der Waals surface area contributed by atoms with Crippen molar-refractivity contribution in [1.82, 2.24) is 4.90 Å². The molecule has 0 fully saturated rings. The van der Waals surface area contributed by atoms with E-state index >= 15 is 0 Å². The van der Waals surface area contributed by atoms with Crippen LogP contribution in [-0.2, 0) is 6.54 Å². The molecule has 1 aromatic rings. The molecule has 2 N–H and O–H groups in total. The van der Waals surface area contributed by atoms with Crippen molar-refractivity contribution < 1.29 is 0 Å². The summed E-state index contributed by atoms with van der Waals surface area (Å²) < 4.78 is 0. The van der Waals surface area contributed by atoms with Gasteiger partial charge in [0.1, 0.15) is 0 Å². The van der Waals surface area contributed by atoms with Gasteiger partial charge in [-0.3, -0.25) is 4.90 Å². The highest BCUT2D eigenvalue weighted by atomic mass is 15.1. The molecule has 0 amide bonds. The van der Waals surface area contributed by atoms with E-state index in [2.05, 4.69) is 45.7 Å². The smallest absolute Gasteiger partial charge is 0.0346 e. The van der Waals surface area contributed by atoms with Gasteiger partial charge in [-0.2, -0.15) is 0 Å². The maximum absolute atomic E-state index is 5.93. The Bertz CT molecular complexity index is 358. The maximum Gasteiger partial charge on any atom is 0.0346 e. The molecule has 0 aromatic heterocycles. The standard InChI is InChI=1S/C15H26N2/c1-11(2)9-12(3)17(5)10-14-7-6-8-15(16)13(14)4/h6-8,11-12H,9-10,16H2,1-5H3. The summed E-state index contributed by atoms with van der Waals surface area (Å²) in [5.41, 5.74) is 9.39. The van der Waals surface area contributed by atoms with Crippen LogP contribution in [0.2, 0.25) is 0 Å². The lowest BCUT2D eigenvalue weighted by Crippen LogP contribution is -2.30. The average molecular weight is 234 g/mol. The van der Waals surface area contributed by atoms with Crippen molar-refractivity contribution in [2.45, 2.75) is 46.7 Å². The van der Waals surface area contributed by atoms with Crippen LogP contribution in [0.4, 0.5) is 5.69 Å². The number of rotatable bonds is 5. The van der Waals surface area contributed by atoms with Crippen LogP contribution in [0.5, 0.6) is 0 Å². The van der Waals surface area contributed by atoms with Crippen molar-refractivity contribution >= 4 is 5.69 Å². The van der Waals surface area contributed by atoms with E-state index in [1.54, 1.807) is 0 Å². The van der Waals surface area contributed by atoms with Gasteiger partial charge >= 0.3 is 0 Å². The second-order valence-corrected chi connectivity index (χ2v) is 5.53. The number of anilines is 1. The minimum atomic E-state index is 0.607. The minimum Gasteiger partial charge on any atom is -0.399 e. The van der Waals surface area contributed by atoms with E-state index in [-0.39, 0.29) is 0 Å². The summed E-state index contributed by atoms with van der Waals surface area (Å²) in [7, 11) is 2.19. The van der Waals surface area contributed by atoms with Crippen LogP contribution in [0.15, 0.2) is 18.2 Å². The number of hydrogen-bond acceptors (Lipinski definition) is 2. The van der Waals surface area contributed by atoms with Crippen molar-refractivity contribution in [2.24, 2.45) is 5.92 Å². The SMILES string of the molecule is Cc1c(N)cccc1CN(C)C(C)CC(C)C. The molecule has 0 radical (unpaired) electrons. The van der Waals surface area contributed by atoms with E-state index < -0.39 is 0 Å². The summed E-state index contributed by atoms with van der Waals surface area (Å²) >= 11 is 0. The lowest BCUT2D eigenvalue weighted by Gasteiger charge is -2.27. The first kappa shape index (κ1) is 14.0. The highest BCUT2D eigenvalue weighted by Gasteiger charge is 2.12. The van der Waals surface area contributed by atoms with Crippen LogP contribution in [0, 0.1) is 12.8 Å². The molecule has 0 spiro atoms. The van der Waals surface area contributed by atoms with E-state index in [0.717, 1.165) is 18.2 Å². The molecule has 0 aliphatic rings. The third-order valence-corrected chi connectivity index (χ3v) is 3.47. The number of benzene rings is 1. The largest absolute Gasteiger partial charge is 0.399 e. The van der Waals surface area contributed by atoms with Crippen molar-refractivity contribution in [3.05, 3.63) is 29.3 Å². The van der Waals surface area contributed by atoms with Gasteiger partial charge in [-0.15, -0.1) is 0 Å². The Morgan fingerprint density at radius 3 is 2.47 bits per heavy atom. The number of nitrogens with two attached hydrogens (primary N) is 1. The number of nitrogens with zero attached hydrogens (tertiary/aromatic N) is 1. The van der Waals surface area contributed by atoms with Gasteiger partial charge in [0, 0.05) is 18.3 Å². The predicted molar refractivity (Wildman–Crippen MR) is 76.0 cm³/mol. The Hall–Kier alpha value is -1.02. The lowest BCUT2D eigenvalue weighted by molar-refractivity contribution is 0.220. The van der Waals surface area contributed by atoms with Crippen LogP contribution in [0.1, 0.15) is 38.3 Å². The summed E-state index contributed by atoms with van der Waals surface area (Å²) in [6.07, 6.45) is 1.23. The van der Waals surface area contributed by atoms with E-state index in [4.69, 9.17) is 5.73 Å². The van der Waals surface area contributed by atoms with Gasteiger partial charge in [0.25, 0.3) is 0 Å². The molecule has 1 unspecified atom stereocenters. The molecule has 0 heterocycles. The summed E-state index contributed by atoms with van der Waals surface area (Å²) in [5, 5.41) is 0. The average Bonchev–Trinajstić information content (AvgIpc) is 2.23. The second kappa shape index (κ2) is 6.06. The molecule has 0 aliphatic heterocycles. The monoisotopic (exact) mass is 234 g/mol. The van der Waals surface area contributed by atoms with Crippen molar-refractivity contribution in [1.29, 1.82) is 0 Å². The summed E-state index contributed by atoms with van der Waals surface area (Å²) in [4.78, 5) is 2.40. The molecule has 0 bridgehead atoms. The highest BCUT2D eigenvalue weighted by Crippen LogP contribution is 2.19. The Labute approximate surface area is 106 Å². The van der Waals surface area contributed by atoms with Gasteiger partial charge in [-0.05, 0) is 50.4 Å². The van der Waals surface area contributed by atoms with Crippen LogP contribution in [0.25, 0.3) is 0 Å². The molecule has 0 saturated carbocycles. The zero-order valence-electron chi connectivity index (χ0n) is 11.8. The van der Waals surface area contributed by atoms with Crippen molar-refractivity contribution in [2.75, 3.05) is 12.8 Å². The van der Waals surface area contributed by atoms with Gasteiger partial charge in [-0.25, -0.2) is 0 Å². The fourth-order valence-corrected chi connectivity index (χ4v) is 2.16. The molecule has 96 valence electrons. The number of nitrogen functional groups attached to an aromatic ring is 1. The highest BCUT2D eigenvalue weighted by molar-refractivity contribution is 5.49. The molecule has 1 aromatic carbocycles. The number of hydrogen-bond donors (Lipinski definition) is 1. The van der Waals surface area contributed by atoms with E-state index in [1.807, 2.05) is 12.1 Å². The Morgan fingerprint density at radius 2 is 1.88 bits per heavy atom. The van der Waals surface area contributed by atoms with Gasteiger partial charge < -0.3 is 5.73 Å². The van der Waals surface area contributed by atoms with E-state index in [1.165, 1.54) is 17.5 Å². The first-order chi connectivity index (χ1) is 7.91. The summed E-state index contributed by atoms with van der Waals surface area (Å²) in [6.45, 7) is 9.92. The lowest BCUT2D eigenvalue weighted by atomic mass is 10.0. The Morgan fingerprint density at radius 1 is 1.24 bits per heavy atom. The zero-order chi connectivity index (χ0) is 13.0. The van der Waals surface area contributed by atoms with Crippen LogP contribution in [0.3, 0.4) is 0 Å². The molecule has 0 saturated heterocycles. The van der Waals surface area contributed by atoms with Crippen molar-refractivity contribution in [3.63, 3.8) is 0 Å². The van der Waals surface area contributed by atoms with Gasteiger partial charge in [0.15, 0.2) is 0 Å². The molecule has 0 aliphatic carbocycles. The Kier molecular flexibility index (Phi) is 5.01. The van der Waals surface area contributed by atoms with Crippen LogP contribution >= 0.6 is 0 Å². The third kappa shape index (κ3) is 4.04. The first-order valence-corrected chi connectivity index (χ1v) is 6.46. The first-order valence-electron chi connectivity index (χ1n) is 6.46. The van der Waals surface area contributed by atoms with Gasteiger partial charge in [0.2, 0.25) is 0 Å². The molecular weight excluding hydrogens is 208 g/mol. The molecule has 1 atom stereocenters. The topological polar surface area (TPSA) is 29.3 Å². The Balaban J connectivity index is 2.67. The molecular formula is C15H26N2. The molecule has 2 heteroatoms. The minimum absolute atomic E-state index is 0.607. The van der Waals surface area contributed by atoms with Crippen LogP contribution in [-0.4, -0.2) is 18.0 Å². The van der Waals surface area contributed by atoms with Crippen molar-refractivity contribution in [3.8, 4) is 0 Å². The van der Waals surface area contributed by atoms with Gasteiger partial charge in [-0.1, -0.05) is 26.0 Å². The van der Waals surface area contributed by atoms with E-state index in [9.17, 15) is 0 Å². The quantitative estimate of drug-likeness (QED) is 0.791. The fourth-order valence-electron chi connectivity index (χ4n) is 2.16. The van der Waals surface area contributed by atoms with E-state index in [0.29, 0.717) is 6.04 Å². The summed E-state index contributed by atoms with van der Waals surface area (Å²) in [5.74, 6) is 0.745.